The van der Waals surface area contributed by atoms with Crippen LogP contribution in [0.25, 0.3) is 0 Å². The molecule has 0 aliphatic heterocycles. The Kier molecular flexibility index (Phi) is 12.9. The van der Waals surface area contributed by atoms with Gasteiger partial charge in [-0.25, -0.2) is 5.06 Å². The fourth-order valence-electron chi connectivity index (χ4n) is 1.65. The van der Waals surface area contributed by atoms with E-state index in [-0.39, 0.29) is 31.8 Å². The van der Waals surface area contributed by atoms with Crippen molar-refractivity contribution in [3.8, 4) is 0 Å². The molecular formula is C15H28NO9P. The van der Waals surface area contributed by atoms with Crippen LogP contribution in [0.15, 0.2) is 0 Å². The third kappa shape index (κ3) is 12.0. The fraction of sp³-hybridized carbons (Fsp3) is 0.800. The standard InChI is InChI=1S/C15H28NO9P/c1-4-7-14(18)22-11-24-26(21,10-6-9-13(17)16(3)20)25-12-23-15(19)8-5-2/h20H,4-12H2,1-3H3. The molecule has 0 bridgehead atoms. The van der Waals surface area contributed by atoms with Gasteiger partial charge in [0.15, 0.2) is 0 Å². The lowest BCUT2D eigenvalue weighted by molar-refractivity contribution is -0.159. The molecule has 0 fully saturated rings. The SMILES string of the molecule is CCCC(=O)OCOP(=O)(CCCC(=O)N(C)O)OCOC(=O)CCC. The highest BCUT2D eigenvalue weighted by Crippen LogP contribution is 2.49. The molecule has 0 aromatic carbocycles. The van der Waals surface area contributed by atoms with Crippen LogP contribution in [-0.2, 0) is 37.5 Å². The first kappa shape index (κ1) is 24.5. The van der Waals surface area contributed by atoms with Crippen molar-refractivity contribution in [2.45, 2.75) is 52.4 Å². The molecule has 26 heavy (non-hydrogen) atoms. The zero-order valence-corrected chi connectivity index (χ0v) is 16.4. The van der Waals surface area contributed by atoms with E-state index in [1.165, 1.54) is 7.05 Å². The van der Waals surface area contributed by atoms with Gasteiger partial charge in [0.2, 0.25) is 19.5 Å². The lowest BCUT2D eigenvalue weighted by Crippen LogP contribution is -2.22. The van der Waals surface area contributed by atoms with Crippen LogP contribution in [0.2, 0.25) is 0 Å². The lowest BCUT2D eigenvalue weighted by Gasteiger charge is -2.18. The van der Waals surface area contributed by atoms with Gasteiger partial charge in [0.1, 0.15) is 0 Å². The minimum absolute atomic E-state index is 0.0883. The summed E-state index contributed by atoms with van der Waals surface area (Å²) in [6.07, 6.45) is 1.40. The van der Waals surface area contributed by atoms with E-state index in [4.69, 9.17) is 23.7 Å². The highest BCUT2D eigenvalue weighted by molar-refractivity contribution is 7.53. The Morgan fingerprint density at radius 3 is 1.77 bits per heavy atom. The molecule has 0 spiro atoms. The summed E-state index contributed by atoms with van der Waals surface area (Å²) in [5.41, 5.74) is 0. The molecule has 152 valence electrons. The van der Waals surface area contributed by atoms with E-state index < -0.39 is 39.0 Å². The van der Waals surface area contributed by atoms with Crippen molar-refractivity contribution in [2.24, 2.45) is 0 Å². The van der Waals surface area contributed by atoms with Gasteiger partial charge in [0, 0.05) is 26.3 Å². The van der Waals surface area contributed by atoms with Gasteiger partial charge in [-0.05, 0) is 19.3 Å². The number of amides is 1. The van der Waals surface area contributed by atoms with Crippen LogP contribution in [0.1, 0.15) is 52.4 Å². The summed E-state index contributed by atoms with van der Waals surface area (Å²) in [6, 6.07) is 0. The Hall–Kier alpha value is -1.48. The third-order valence-electron chi connectivity index (χ3n) is 3.03. The molecule has 0 rings (SSSR count). The molecular weight excluding hydrogens is 369 g/mol. The number of hydrogen-bond acceptors (Lipinski definition) is 9. The first-order chi connectivity index (χ1) is 12.2. The van der Waals surface area contributed by atoms with Crippen molar-refractivity contribution in [3.05, 3.63) is 0 Å². The number of nitrogens with zero attached hydrogens (tertiary/aromatic N) is 1. The van der Waals surface area contributed by atoms with Gasteiger partial charge in [-0.15, -0.1) is 0 Å². The van der Waals surface area contributed by atoms with E-state index in [9.17, 15) is 18.9 Å². The van der Waals surface area contributed by atoms with E-state index in [1.807, 2.05) is 0 Å². The Morgan fingerprint density at radius 1 is 0.923 bits per heavy atom. The molecule has 1 amide bonds. The van der Waals surface area contributed by atoms with Crippen molar-refractivity contribution in [1.82, 2.24) is 5.06 Å². The monoisotopic (exact) mass is 397 g/mol. The molecule has 0 atom stereocenters. The van der Waals surface area contributed by atoms with Gasteiger partial charge in [-0.3, -0.25) is 33.2 Å². The normalized spacial score (nSPS) is 11.1. The van der Waals surface area contributed by atoms with E-state index in [0.717, 1.165) is 0 Å². The summed E-state index contributed by atoms with van der Waals surface area (Å²) in [5, 5.41) is 9.42. The molecule has 0 aromatic rings. The molecule has 1 N–H and O–H groups in total. The topological polar surface area (TPSA) is 129 Å². The number of rotatable bonds is 14. The highest BCUT2D eigenvalue weighted by atomic mass is 31.2. The zero-order valence-electron chi connectivity index (χ0n) is 15.5. The number of ether oxygens (including phenoxy) is 2. The van der Waals surface area contributed by atoms with E-state index in [2.05, 4.69) is 0 Å². The zero-order chi connectivity index (χ0) is 20.0. The number of hydrogen-bond donors (Lipinski definition) is 1. The minimum atomic E-state index is -3.76. The van der Waals surface area contributed by atoms with Gasteiger partial charge >= 0.3 is 19.5 Å². The number of carbonyl (C=O) groups is 3. The molecule has 0 radical (unpaired) electrons. The lowest BCUT2D eigenvalue weighted by atomic mass is 10.3. The summed E-state index contributed by atoms with van der Waals surface area (Å²) in [7, 11) is -2.59. The van der Waals surface area contributed by atoms with E-state index in [0.29, 0.717) is 17.9 Å². The summed E-state index contributed by atoms with van der Waals surface area (Å²) >= 11 is 0. The number of hydroxylamine groups is 2. The Morgan fingerprint density at radius 2 is 1.38 bits per heavy atom. The van der Waals surface area contributed by atoms with Crippen LogP contribution in [-0.4, -0.2) is 54.9 Å². The molecule has 10 nitrogen and oxygen atoms in total. The van der Waals surface area contributed by atoms with Crippen LogP contribution in [0.4, 0.5) is 0 Å². The molecule has 0 heterocycles. The average Bonchev–Trinajstić information content (AvgIpc) is 2.55. The van der Waals surface area contributed by atoms with Gasteiger partial charge in [-0.2, -0.15) is 0 Å². The Balaban J connectivity index is 4.53. The highest BCUT2D eigenvalue weighted by Gasteiger charge is 2.26. The Bertz CT molecular complexity index is 468. The smallest absolute Gasteiger partial charge is 0.336 e. The van der Waals surface area contributed by atoms with E-state index >= 15 is 0 Å². The summed E-state index contributed by atoms with van der Waals surface area (Å²) in [4.78, 5) is 34.0. The summed E-state index contributed by atoms with van der Waals surface area (Å²) < 4.78 is 32.3. The third-order valence-corrected chi connectivity index (χ3v) is 4.89. The van der Waals surface area contributed by atoms with Crippen molar-refractivity contribution < 1.29 is 42.7 Å². The maximum absolute atomic E-state index is 12.6. The molecule has 11 heteroatoms. The van der Waals surface area contributed by atoms with Crippen molar-refractivity contribution in [1.29, 1.82) is 0 Å². The van der Waals surface area contributed by atoms with Gasteiger partial charge < -0.3 is 9.47 Å². The van der Waals surface area contributed by atoms with Crippen LogP contribution >= 0.6 is 7.60 Å². The molecule has 0 unspecified atom stereocenters. The summed E-state index contributed by atoms with van der Waals surface area (Å²) in [6.45, 7) is 2.45. The van der Waals surface area contributed by atoms with Gasteiger partial charge in [0.25, 0.3) is 0 Å². The minimum Gasteiger partial charge on any atom is -0.438 e. The van der Waals surface area contributed by atoms with Crippen LogP contribution in [0.5, 0.6) is 0 Å². The molecule has 0 aliphatic rings. The van der Waals surface area contributed by atoms with Crippen LogP contribution < -0.4 is 0 Å². The van der Waals surface area contributed by atoms with Crippen LogP contribution in [0, 0.1) is 0 Å². The maximum Gasteiger partial charge on any atom is 0.336 e. The average molecular weight is 397 g/mol. The Labute approximate surface area is 153 Å². The van der Waals surface area contributed by atoms with Crippen molar-refractivity contribution in [3.63, 3.8) is 0 Å². The van der Waals surface area contributed by atoms with Crippen LogP contribution in [0.3, 0.4) is 0 Å². The van der Waals surface area contributed by atoms with Gasteiger partial charge in [0.05, 0.1) is 6.16 Å². The van der Waals surface area contributed by atoms with E-state index in [1.54, 1.807) is 13.8 Å². The fourth-order valence-corrected chi connectivity index (χ4v) is 2.95. The second-order valence-electron chi connectivity index (χ2n) is 5.38. The molecule has 0 aliphatic carbocycles. The first-order valence-electron chi connectivity index (χ1n) is 8.38. The van der Waals surface area contributed by atoms with Crippen molar-refractivity contribution >= 4 is 25.4 Å². The predicted octanol–water partition coefficient (Wildman–Crippen LogP) is 2.44. The number of carbonyl (C=O) groups excluding carboxylic acids is 3. The second kappa shape index (κ2) is 13.7. The van der Waals surface area contributed by atoms with Gasteiger partial charge in [-0.1, -0.05) is 13.8 Å². The number of esters is 2. The molecule has 0 saturated heterocycles. The summed E-state index contributed by atoms with van der Waals surface area (Å²) in [5.74, 6) is -1.59. The molecule has 0 aromatic heterocycles. The molecule has 0 saturated carbocycles. The van der Waals surface area contributed by atoms with Crippen molar-refractivity contribution in [2.75, 3.05) is 26.8 Å². The largest absolute Gasteiger partial charge is 0.438 e. The first-order valence-corrected chi connectivity index (χ1v) is 10.1. The second-order valence-corrected chi connectivity index (χ2v) is 7.57. The maximum atomic E-state index is 12.6. The quantitative estimate of drug-likeness (QED) is 0.154. The predicted molar refractivity (Wildman–Crippen MR) is 90.2 cm³/mol.